The lowest BCUT2D eigenvalue weighted by Crippen LogP contribution is -2.22. The molecular formula is C21H29BrN2O3S. The predicted octanol–water partition coefficient (Wildman–Crippen LogP) is 4.41. The van der Waals surface area contributed by atoms with Gasteiger partial charge in [-0.25, -0.2) is 13.6 Å². The van der Waals surface area contributed by atoms with Gasteiger partial charge in [0.05, 0.1) is 12.9 Å². The number of primary sulfonamides is 1. The third kappa shape index (κ3) is 4.63. The second-order valence-electron chi connectivity index (χ2n) is 8.68. The average Bonchev–Trinajstić information content (AvgIpc) is 3.07. The van der Waals surface area contributed by atoms with Gasteiger partial charge in [0.25, 0.3) is 0 Å². The summed E-state index contributed by atoms with van der Waals surface area (Å²) in [5.74, 6) is 1.32. The number of anilines is 1. The summed E-state index contributed by atoms with van der Waals surface area (Å²) in [7, 11) is -1.67. The van der Waals surface area contributed by atoms with Crippen molar-refractivity contribution in [2.75, 3.05) is 30.9 Å². The van der Waals surface area contributed by atoms with E-state index in [1.54, 1.807) is 7.11 Å². The summed E-state index contributed by atoms with van der Waals surface area (Å²) in [6.07, 6.45) is 1.60. The minimum atomic E-state index is -3.40. The maximum Gasteiger partial charge on any atom is 0.209 e. The van der Waals surface area contributed by atoms with Crippen LogP contribution in [0.25, 0.3) is 10.8 Å². The summed E-state index contributed by atoms with van der Waals surface area (Å²) >= 11 is 3.72. The quantitative estimate of drug-likeness (QED) is 0.704. The molecule has 0 spiro atoms. The van der Waals surface area contributed by atoms with Gasteiger partial charge in [0, 0.05) is 34.2 Å². The third-order valence-corrected chi connectivity index (χ3v) is 6.96. The van der Waals surface area contributed by atoms with Gasteiger partial charge in [0.15, 0.2) is 0 Å². The van der Waals surface area contributed by atoms with Crippen LogP contribution < -0.4 is 14.8 Å². The maximum atomic E-state index is 11.2. The molecule has 1 atom stereocenters. The van der Waals surface area contributed by atoms with Crippen molar-refractivity contribution in [2.24, 2.45) is 11.1 Å². The Morgan fingerprint density at radius 2 is 1.96 bits per heavy atom. The number of benzene rings is 2. The molecule has 1 aliphatic heterocycles. The molecule has 7 heteroatoms. The van der Waals surface area contributed by atoms with Crippen LogP contribution >= 0.6 is 15.9 Å². The summed E-state index contributed by atoms with van der Waals surface area (Å²) in [4.78, 5) is 2.32. The van der Waals surface area contributed by atoms with Gasteiger partial charge in [-0.3, -0.25) is 0 Å². The lowest BCUT2D eigenvalue weighted by atomic mass is 9.85. The molecule has 2 aromatic rings. The minimum absolute atomic E-state index is 0.0372. The van der Waals surface area contributed by atoms with Gasteiger partial charge in [0.2, 0.25) is 10.0 Å². The monoisotopic (exact) mass is 468 g/mol. The van der Waals surface area contributed by atoms with E-state index in [1.807, 2.05) is 0 Å². The number of nitrogens with zero attached hydrogens (tertiary/aromatic N) is 1. The number of rotatable bonds is 5. The lowest BCUT2D eigenvalue weighted by molar-refractivity contribution is 0.402. The van der Waals surface area contributed by atoms with Crippen molar-refractivity contribution < 1.29 is 13.2 Å². The van der Waals surface area contributed by atoms with Crippen molar-refractivity contribution in [1.82, 2.24) is 0 Å². The molecule has 28 heavy (non-hydrogen) atoms. The molecule has 0 radical (unpaired) electrons. The SMILES string of the molecule is COc1c(C(C)(C)C)cc(Br)c2ccc(N3CC[C@@H](CCS(N)(=O)=O)C3)cc12. The van der Waals surface area contributed by atoms with E-state index in [1.165, 1.54) is 5.56 Å². The second-order valence-corrected chi connectivity index (χ2v) is 11.3. The van der Waals surface area contributed by atoms with Crippen LogP contribution in [-0.4, -0.2) is 34.4 Å². The first-order valence-electron chi connectivity index (χ1n) is 9.56. The predicted molar refractivity (Wildman–Crippen MR) is 120 cm³/mol. The average molecular weight is 469 g/mol. The zero-order valence-electron chi connectivity index (χ0n) is 17.0. The molecule has 1 fully saturated rings. The van der Waals surface area contributed by atoms with Crippen LogP contribution in [0.4, 0.5) is 5.69 Å². The van der Waals surface area contributed by atoms with E-state index in [4.69, 9.17) is 9.88 Å². The van der Waals surface area contributed by atoms with Gasteiger partial charge >= 0.3 is 0 Å². The van der Waals surface area contributed by atoms with Crippen molar-refractivity contribution in [3.8, 4) is 5.75 Å². The molecule has 0 saturated carbocycles. The highest BCUT2D eigenvalue weighted by Gasteiger charge is 2.26. The molecule has 1 heterocycles. The molecule has 1 aliphatic rings. The highest BCUT2D eigenvalue weighted by atomic mass is 79.9. The van der Waals surface area contributed by atoms with Crippen molar-refractivity contribution >= 4 is 42.4 Å². The molecule has 1 saturated heterocycles. The number of hydrogen-bond donors (Lipinski definition) is 1. The zero-order chi connectivity index (χ0) is 20.7. The molecule has 0 unspecified atom stereocenters. The second kappa shape index (κ2) is 7.84. The minimum Gasteiger partial charge on any atom is -0.496 e. The van der Waals surface area contributed by atoms with Gasteiger partial charge in [0.1, 0.15) is 5.75 Å². The number of methoxy groups -OCH3 is 1. The van der Waals surface area contributed by atoms with Crippen molar-refractivity contribution in [3.05, 3.63) is 34.3 Å². The number of sulfonamides is 1. The molecule has 0 bridgehead atoms. The first kappa shape index (κ1) is 21.4. The highest BCUT2D eigenvalue weighted by molar-refractivity contribution is 9.10. The molecule has 5 nitrogen and oxygen atoms in total. The Labute approximate surface area is 176 Å². The molecule has 154 valence electrons. The molecule has 2 aromatic carbocycles. The Kier molecular flexibility index (Phi) is 5.99. The number of ether oxygens (including phenoxy) is 1. The summed E-state index contributed by atoms with van der Waals surface area (Å²) < 4.78 is 29.4. The van der Waals surface area contributed by atoms with Gasteiger partial charge in [-0.2, -0.15) is 0 Å². The van der Waals surface area contributed by atoms with E-state index in [0.29, 0.717) is 12.3 Å². The van der Waals surface area contributed by atoms with E-state index in [-0.39, 0.29) is 11.2 Å². The fourth-order valence-corrected chi connectivity index (χ4v) is 5.19. The van der Waals surface area contributed by atoms with Gasteiger partial charge in [-0.15, -0.1) is 0 Å². The molecule has 3 rings (SSSR count). The number of nitrogens with two attached hydrogens (primary N) is 1. The maximum absolute atomic E-state index is 11.2. The molecule has 2 N–H and O–H groups in total. The van der Waals surface area contributed by atoms with Crippen LogP contribution in [0.1, 0.15) is 39.2 Å². The number of halogens is 1. The van der Waals surface area contributed by atoms with Crippen LogP contribution in [0, 0.1) is 5.92 Å². The van der Waals surface area contributed by atoms with E-state index in [2.05, 4.69) is 65.9 Å². The van der Waals surface area contributed by atoms with Gasteiger partial charge in [-0.1, -0.05) is 42.8 Å². The Hall–Kier alpha value is -1.31. The van der Waals surface area contributed by atoms with Crippen LogP contribution in [-0.2, 0) is 15.4 Å². The van der Waals surface area contributed by atoms with E-state index in [0.717, 1.165) is 46.2 Å². The van der Waals surface area contributed by atoms with E-state index < -0.39 is 10.0 Å². The Balaban J connectivity index is 1.94. The smallest absolute Gasteiger partial charge is 0.209 e. The third-order valence-electron chi connectivity index (χ3n) is 5.49. The van der Waals surface area contributed by atoms with Crippen LogP contribution in [0.2, 0.25) is 0 Å². The number of fused-ring (bicyclic) bond motifs is 1. The van der Waals surface area contributed by atoms with E-state index in [9.17, 15) is 8.42 Å². The van der Waals surface area contributed by atoms with Crippen LogP contribution in [0.5, 0.6) is 5.75 Å². The standard InChI is InChI=1S/C21H29BrN2O3S/c1-21(2,3)18-12-19(22)16-6-5-15(11-17(16)20(18)27-4)24-9-7-14(13-24)8-10-28(23,25)26/h5-6,11-12,14H,7-10,13H2,1-4H3,(H2,23,25,26)/t14-/m0/s1. The highest BCUT2D eigenvalue weighted by Crippen LogP contribution is 2.42. The van der Waals surface area contributed by atoms with E-state index >= 15 is 0 Å². The zero-order valence-corrected chi connectivity index (χ0v) is 19.4. The summed E-state index contributed by atoms with van der Waals surface area (Å²) in [5.41, 5.74) is 2.27. The number of hydrogen-bond acceptors (Lipinski definition) is 4. The normalized spacial score (nSPS) is 18.1. The largest absolute Gasteiger partial charge is 0.496 e. The fourth-order valence-electron chi connectivity index (χ4n) is 3.95. The first-order valence-corrected chi connectivity index (χ1v) is 12.1. The Bertz CT molecular complexity index is 983. The van der Waals surface area contributed by atoms with Gasteiger partial charge in [-0.05, 0) is 47.8 Å². The summed E-state index contributed by atoms with van der Waals surface area (Å²) in [6.45, 7) is 8.32. The first-order chi connectivity index (χ1) is 13.0. The van der Waals surface area contributed by atoms with Crippen molar-refractivity contribution in [1.29, 1.82) is 0 Å². The summed E-state index contributed by atoms with van der Waals surface area (Å²) in [6, 6.07) is 8.60. The van der Waals surface area contributed by atoms with Gasteiger partial charge < -0.3 is 9.64 Å². The molecular weight excluding hydrogens is 440 g/mol. The Morgan fingerprint density at radius 1 is 1.25 bits per heavy atom. The van der Waals surface area contributed by atoms with Crippen molar-refractivity contribution in [2.45, 2.75) is 39.0 Å². The molecule has 0 aliphatic carbocycles. The van der Waals surface area contributed by atoms with Crippen LogP contribution in [0.15, 0.2) is 28.7 Å². The lowest BCUT2D eigenvalue weighted by Gasteiger charge is -2.25. The topological polar surface area (TPSA) is 72.6 Å². The molecule has 0 aromatic heterocycles. The Morgan fingerprint density at radius 3 is 2.57 bits per heavy atom. The fraction of sp³-hybridized carbons (Fsp3) is 0.524. The van der Waals surface area contributed by atoms with Crippen LogP contribution in [0.3, 0.4) is 0 Å². The van der Waals surface area contributed by atoms with Crippen molar-refractivity contribution in [3.63, 3.8) is 0 Å². The molecule has 0 amide bonds. The summed E-state index contributed by atoms with van der Waals surface area (Å²) in [5, 5.41) is 7.37.